The predicted octanol–water partition coefficient (Wildman–Crippen LogP) is 4.00. The molecule has 164 valence electrons. The van der Waals surface area contributed by atoms with Gasteiger partial charge in [-0.15, -0.1) is 0 Å². The minimum Gasteiger partial charge on any atom is -0.454 e. The molecular formula is C24H20ClFN2O4. The molecule has 8 heteroatoms. The second kappa shape index (κ2) is 11.1. The van der Waals surface area contributed by atoms with Crippen LogP contribution in [0.2, 0.25) is 5.02 Å². The zero-order valence-electron chi connectivity index (χ0n) is 16.9. The highest BCUT2D eigenvalue weighted by molar-refractivity contribution is 6.30. The van der Waals surface area contributed by atoms with Gasteiger partial charge in [-0.1, -0.05) is 60.1 Å². The summed E-state index contributed by atoms with van der Waals surface area (Å²) in [6.45, 7) is -0.655. The lowest BCUT2D eigenvalue weighted by Gasteiger charge is -2.18. The molecule has 1 atom stereocenters. The molecule has 2 amide bonds. The van der Waals surface area contributed by atoms with Crippen molar-refractivity contribution in [2.24, 2.45) is 0 Å². The van der Waals surface area contributed by atoms with Crippen molar-refractivity contribution in [3.05, 3.63) is 101 Å². The number of hydrogen-bond acceptors (Lipinski definition) is 4. The lowest BCUT2D eigenvalue weighted by Crippen LogP contribution is -2.44. The van der Waals surface area contributed by atoms with Crippen LogP contribution >= 0.6 is 11.6 Å². The molecule has 0 fully saturated rings. The van der Waals surface area contributed by atoms with Gasteiger partial charge in [0.15, 0.2) is 6.61 Å². The van der Waals surface area contributed by atoms with Crippen molar-refractivity contribution in [1.82, 2.24) is 5.32 Å². The van der Waals surface area contributed by atoms with Crippen LogP contribution in [0, 0.1) is 5.82 Å². The Morgan fingerprint density at radius 1 is 0.938 bits per heavy atom. The molecule has 0 aromatic heterocycles. The smallest absolute Gasteiger partial charge is 0.329 e. The lowest BCUT2D eigenvalue weighted by molar-refractivity contribution is -0.149. The Kier molecular flexibility index (Phi) is 7.94. The summed E-state index contributed by atoms with van der Waals surface area (Å²) in [7, 11) is 0. The number of hydrogen-bond donors (Lipinski definition) is 2. The average Bonchev–Trinajstić information content (AvgIpc) is 2.80. The van der Waals surface area contributed by atoms with E-state index in [-0.39, 0.29) is 17.1 Å². The Balaban J connectivity index is 1.65. The summed E-state index contributed by atoms with van der Waals surface area (Å²) in [5.74, 6) is -2.66. The van der Waals surface area contributed by atoms with E-state index in [2.05, 4.69) is 10.6 Å². The van der Waals surface area contributed by atoms with Gasteiger partial charge in [0.2, 0.25) is 0 Å². The number of benzene rings is 3. The summed E-state index contributed by atoms with van der Waals surface area (Å²) >= 11 is 5.80. The van der Waals surface area contributed by atoms with Gasteiger partial charge in [0.05, 0.1) is 5.69 Å². The Morgan fingerprint density at radius 3 is 2.28 bits per heavy atom. The van der Waals surface area contributed by atoms with Gasteiger partial charge in [0.25, 0.3) is 11.8 Å². The number of amides is 2. The summed E-state index contributed by atoms with van der Waals surface area (Å²) in [4.78, 5) is 37.3. The van der Waals surface area contributed by atoms with Crippen molar-refractivity contribution in [2.45, 2.75) is 12.5 Å². The molecule has 1 unspecified atom stereocenters. The number of nitrogens with one attached hydrogen (secondary N) is 2. The van der Waals surface area contributed by atoms with Gasteiger partial charge in [-0.2, -0.15) is 0 Å². The normalized spacial score (nSPS) is 11.3. The predicted molar refractivity (Wildman–Crippen MR) is 119 cm³/mol. The van der Waals surface area contributed by atoms with Gasteiger partial charge in [0, 0.05) is 17.0 Å². The van der Waals surface area contributed by atoms with Crippen molar-refractivity contribution in [1.29, 1.82) is 0 Å². The van der Waals surface area contributed by atoms with Crippen LogP contribution in [0.1, 0.15) is 15.9 Å². The summed E-state index contributed by atoms with van der Waals surface area (Å²) in [5.41, 5.74) is 1.05. The minimum absolute atomic E-state index is 0.128. The van der Waals surface area contributed by atoms with E-state index < -0.39 is 36.2 Å². The molecule has 2 N–H and O–H groups in total. The summed E-state index contributed by atoms with van der Waals surface area (Å²) in [6.07, 6.45) is 0.169. The van der Waals surface area contributed by atoms with E-state index in [4.69, 9.17) is 16.3 Å². The third-order valence-corrected chi connectivity index (χ3v) is 4.69. The minimum atomic E-state index is -1.03. The molecule has 0 saturated heterocycles. The highest BCUT2D eigenvalue weighted by Crippen LogP contribution is 2.19. The Morgan fingerprint density at radius 2 is 1.59 bits per heavy atom. The zero-order chi connectivity index (χ0) is 22.9. The first-order chi connectivity index (χ1) is 15.4. The quantitative estimate of drug-likeness (QED) is 0.504. The second-order valence-electron chi connectivity index (χ2n) is 6.86. The van der Waals surface area contributed by atoms with E-state index in [1.165, 1.54) is 12.1 Å². The maximum absolute atomic E-state index is 13.8. The van der Waals surface area contributed by atoms with Crippen LogP contribution in [-0.4, -0.2) is 30.4 Å². The fourth-order valence-corrected chi connectivity index (χ4v) is 3.06. The number of rotatable bonds is 8. The Hall–Kier alpha value is -3.71. The molecule has 0 saturated carbocycles. The van der Waals surface area contributed by atoms with Gasteiger partial charge in [-0.25, -0.2) is 9.18 Å². The lowest BCUT2D eigenvalue weighted by atomic mass is 10.1. The van der Waals surface area contributed by atoms with Crippen molar-refractivity contribution in [2.75, 3.05) is 11.9 Å². The van der Waals surface area contributed by atoms with Crippen molar-refractivity contribution >= 4 is 35.1 Å². The number of carbonyl (C=O) groups is 3. The number of esters is 1. The molecule has 0 spiro atoms. The van der Waals surface area contributed by atoms with E-state index in [1.54, 1.807) is 30.3 Å². The Labute approximate surface area is 189 Å². The Bertz CT molecular complexity index is 1090. The first-order valence-corrected chi connectivity index (χ1v) is 10.1. The first kappa shape index (κ1) is 23.0. The summed E-state index contributed by atoms with van der Waals surface area (Å²) < 4.78 is 18.9. The SMILES string of the molecule is O=C(COC(=O)C(Cc1ccccc1)NC(=O)c1ccccc1)Nc1cc(Cl)ccc1F. The number of carbonyl (C=O) groups excluding carboxylic acids is 3. The molecule has 0 bridgehead atoms. The van der Waals surface area contributed by atoms with Crippen molar-refractivity contribution in [3.8, 4) is 0 Å². The fraction of sp³-hybridized carbons (Fsp3) is 0.125. The maximum atomic E-state index is 13.8. The largest absolute Gasteiger partial charge is 0.454 e. The number of halogens is 2. The molecule has 0 aliphatic carbocycles. The molecular weight excluding hydrogens is 435 g/mol. The van der Waals surface area contributed by atoms with Crippen LogP contribution in [0.15, 0.2) is 78.9 Å². The van der Waals surface area contributed by atoms with Gasteiger partial charge in [-0.05, 0) is 35.9 Å². The molecule has 3 rings (SSSR count). The third kappa shape index (κ3) is 6.65. The fourth-order valence-electron chi connectivity index (χ4n) is 2.89. The third-order valence-electron chi connectivity index (χ3n) is 4.46. The highest BCUT2D eigenvalue weighted by atomic mass is 35.5. The molecule has 3 aromatic carbocycles. The van der Waals surface area contributed by atoms with Gasteiger partial charge >= 0.3 is 5.97 Å². The van der Waals surface area contributed by atoms with E-state index in [9.17, 15) is 18.8 Å². The zero-order valence-corrected chi connectivity index (χ0v) is 17.6. The van der Waals surface area contributed by atoms with Crippen molar-refractivity contribution < 1.29 is 23.5 Å². The van der Waals surface area contributed by atoms with Crippen molar-refractivity contribution in [3.63, 3.8) is 0 Å². The topological polar surface area (TPSA) is 84.5 Å². The summed E-state index contributed by atoms with van der Waals surface area (Å²) in [5, 5.41) is 5.19. The van der Waals surface area contributed by atoms with E-state index in [0.29, 0.717) is 5.56 Å². The van der Waals surface area contributed by atoms with Crippen LogP contribution in [0.5, 0.6) is 0 Å². The van der Waals surface area contributed by atoms with Gasteiger partial charge in [-0.3, -0.25) is 9.59 Å². The van der Waals surface area contributed by atoms with E-state index in [1.807, 2.05) is 30.3 Å². The molecule has 6 nitrogen and oxygen atoms in total. The standard InChI is InChI=1S/C24H20ClFN2O4/c25-18-11-12-19(26)20(14-18)27-22(29)15-32-24(31)21(13-16-7-3-1-4-8-16)28-23(30)17-9-5-2-6-10-17/h1-12,14,21H,13,15H2,(H,27,29)(H,28,30). The molecule has 0 aliphatic heterocycles. The summed E-state index contributed by atoms with van der Waals surface area (Å²) in [6, 6.07) is 20.2. The monoisotopic (exact) mass is 454 g/mol. The van der Waals surface area contributed by atoms with Gasteiger partial charge in [0.1, 0.15) is 11.9 Å². The van der Waals surface area contributed by atoms with E-state index >= 15 is 0 Å². The first-order valence-electron chi connectivity index (χ1n) is 9.74. The van der Waals surface area contributed by atoms with Crippen LogP contribution in [0.25, 0.3) is 0 Å². The molecule has 0 heterocycles. The number of anilines is 1. The van der Waals surface area contributed by atoms with Crippen LogP contribution in [-0.2, 0) is 20.7 Å². The molecule has 0 radical (unpaired) electrons. The second-order valence-corrected chi connectivity index (χ2v) is 7.30. The van der Waals surface area contributed by atoms with Gasteiger partial charge < -0.3 is 15.4 Å². The number of ether oxygens (including phenoxy) is 1. The maximum Gasteiger partial charge on any atom is 0.329 e. The van der Waals surface area contributed by atoms with Crippen LogP contribution < -0.4 is 10.6 Å². The molecule has 32 heavy (non-hydrogen) atoms. The van der Waals surface area contributed by atoms with E-state index in [0.717, 1.165) is 11.6 Å². The van der Waals surface area contributed by atoms with Crippen LogP contribution in [0.3, 0.4) is 0 Å². The molecule has 0 aliphatic rings. The highest BCUT2D eigenvalue weighted by Gasteiger charge is 2.24. The van der Waals surface area contributed by atoms with Crippen LogP contribution in [0.4, 0.5) is 10.1 Å². The molecule has 3 aromatic rings. The average molecular weight is 455 g/mol.